The third kappa shape index (κ3) is 5.38. The Labute approximate surface area is 113 Å². The second-order valence-electron chi connectivity index (χ2n) is 4.37. The van der Waals surface area contributed by atoms with Crippen molar-refractivity contribution in [2.24, 2.45) is 0 Å². The number of aliphatic hydroxyl groups is 1. The molecule has 1 rings (SSSR count). The van der Waals surface area contributed by atoms with Gasteiger partial charge in [0.15, 0.2) is 0 Å². The number of thioether (sulfide) groups is 1. The Kier molecular flexibility index (Phi) is 7.32. The zero-order chi connectivity index (χ0) is 13.4. The summed E-state index contributed by atoms with van der Waals surface area (Å²) in [6, 6.07) is 5.55. The van der Waals surface area contributed by atoms with Gasteiger partial charge < -0.3 is 10.4 Å². The minimum atomic E-state index is -0.140. The molecule has 0 aromatic heterocycles. The van der Waals surface area contributed by atoms with Crippen LogP contribution in [0.5, 0.6) is 0 Å². The smallest absolute Gasteiger partial charge is 0.126 e. The summed E-state index contributed by atoms with van der Waals surface area (Å²) in [7, 11) is 0. The average Bonchev–Trinajstić information content (AvgIpc) is 2.36. The summed E-state index contributed by atoms with van der Waals surface area (Å²) >= 11 is 1.82. The van der Waals surface area contributed by atoms with Crippen LogP contribution >= 0.6 is 11.8 Å². The molecule has 0 radical (unpaired) electrons. The second kappa shape index (κ2) is 8.51. The average molecular weight is 271 g/mol. The molecule has 102 valence electrons. The monoisotopic (exact) mass is 271 g/mol. The van der Waals surface area contributed by atoms with Crippen molar-refractivity contribution in [3.63, 3.8) is 0 Å². The van der Waals surface area contributed by atoms with E-state index in [0.29, 0.717) is 5.56 Å². The first-order chi connectivity index (χ1) is 8.65. The van der Waals surface area contributed by atoms with Gasteiger partial charge in [-0.3, -0.25) is 0 Å². The summed E-state index contributed by atoms with van der Waals surface area (Å²) in [5.41, 5.74) is 1.67. The molecule has 0 saturated carbocycles. The van der Waals surface area contributed by atoms with Gasteiger partial charge in [-0.25, -0.2) is 4.39 Å². The van der Waals surface area contributed by atoms with Gasteiger partial charge >= 0.3 is 0 Å². The highest BCUT2D eigenvalue weighted by Gasteiger charge is 2.06. The highest BCUT2D eigenvalue weighted by atomic mass is 32.2. The molecule has 0 bridgehead atoms. The fraction of sp³-hybridized carbons (Fsp3) is 0.571. The fourth-order valence-electron chi connectivity index (χ4n) is 1.61. The van der Waals surface area contributed by atoms with Crippen molar-refractivity contribution in [1.82, 2.24) is 5.32 Å². The predicted molar refractivity (Wildman–Crippen MR) is 76.6 cm³/mol. The number of aryl methyl sites for hydroxylation is 1. The van der Waals surface area contributed by atoms with E-state index in [4.69, 9.17) is 5.11 Å². The van der Waals surface area contributed by atoms with E-state index in [-0.39, 0.29) is 18.5 Å². The van der Waals surface area contributed by atoms with Gasteiger partial charge in [0.1, 0.15) is 5.82 Å². The van der Waals surface area contributed by atoms with Gasteiger partial charge in [-0.2, -0.15) is 11.8 Å². The lowest BCUT2D eigenvalue weighted by atomic mass is 10.1. The zero-order valence-corrected chi connectivity index (χ0v) is 11.9. The molecule has 1 aromatic carbocycles. The maximum Gasteiger partial charge on any atom is 0.126 e. The van der Waals surface area contributed by atoms with E-state index in [0.717, 1.165) is 30.0 Å². The van der Waals surface area contributed by atoms with E-state index in [2.05, 4.69) is 5.32 Å². The number of hydrogen-bond donors (Lipinski definition) is 2. The predicted octanol–water partition coefficient (Wildman–Crippen LogP) is 2.90. The van der Waals surface area contributed by atoms with Crippen molar-refractivity contribution in [3.05, 3.63) is 35.1 Å². The number of benzene rings is 1. The largest absolute Gasteiger partial charge is 0.396 e. The van der Waals surface area contributed by atoms with E-state index in [1.165, 1.54) is 0 Å². The van der Waals surface area contributed by atoms with Crippen molar-refractivity contribution >= 4 is 11.8 Å². The molecule has 0 aliphatic carbocycles. The normalized spacial score (nSPS) is 12.7. The molecule has 4 heteroatoms. The van der Waals surface area contributed by atoms with E-state index < -0.39 is 0 Å². The van der Waals surface area contributed by atoms with Crippen LogP contribution in [-0.4, -0.2) is 29.8 Å². The van der Waals surface area contributed by atoms with Gasteiger partial charge in [0.2, 0.25) is 0 Å². The molecule has 1 unspecified atom stereocenters. The minimum absolute atomic E-state index is 0.140. The lowest BCUT2D eigenvalue weighted by molar-refractivity contribution is 0.296. The lowest BCUT2D eigenvalue weighted by Crippen LogP contribution is -2.21. The zero-order valence-electron chi connectivity index (χ0n) is 11.1. The Morgan fingerprint density at radius 3 is 2.83 bits per heavy atom. The van der Waals surface area contributed by atoms with E-state index in [9.17, 15) is 4.39 Å². The Balaban J connectivity index is 2.27. The number of aliphatic hydroxyl groups excluding tert-OH is 1. The molecule has 0 aliphatic rings. The molecule has 0 spiro atoms. The summed E-state index contributed by atoms with van der Waals surface area (Å²) in [6.07, 6.45) is 0.851. The van der Waals surface area contributed by atoms with Gasteiger partial charge in [0.05, 0.1) is 0 Å². The Morgan fingerprint density at radius 2 is 2.17 bits per heavy atom. The highest BCUT2D eigenvalue weighted by molar-refractivity contribution is 7.99. The number of halogens is 1. The van der Waals surface area contributed by atoms with Crippen molar-refractivity contribution in [1.29, 1.82) is 0 Å². The summed E-state index contributed by atoms with van der Waals surface area (Å²) in [5, 5.41) is 12.0. The lowest BCUT2D eigenvalue weighted by Gasteiger charge is -2.14. The quantitative estimate of drug-likeness (QED) is 0.713. The van der Waals surface area contributed by atoms with Gasteiger partial charge in [-0.05, 0) is 43.2 Å². The maximum absolute atomic E-state index is 13.4. The van der Waals surface area contributed by atoms with Crippen molar-refractivity contribution in [3.8, 4) is 0 Å². The van der Waals surface area contributed by atoms with Gasteiger partial charge in [0, 0.05) is 24.9 Å². The number of hydrogen-bond acceptors (Lipinski definition) is 3. The first-order valence-electron chi connectivity index (χ1n) is 6.33. The fourth-order valence-corrected chi connectivity index (χ4v) is 2.41. The second-order valence-corrected chi connectivity index (χ2v) is 5.60. The first kappa shape index (κ1) is 15.5. The SMILES string of the molecule is Cc1ccc(C(C)NCCSCCCO)cc1F. The van der Waals surface area contributed by atoms with E-state index in [1.807, 2.05) is 30.8 Å². The molecule has 2 N–H and O–H groups in total. The van der Waals surface area contributed by atoms with E-state index in [1.54, 1.807) is 13.0 Å². The molecule has 1 aromatic rings. The van der Waals surface area contributed by atoms with Crippen LogP contribution < -0.4 is 5.32 Å². The van der Waals surface area contributed by atoms with Crippen LogP contribution in [0.3, 0.4) is 0 Å². The van der Waals surface area contributed by atoms with Gasteiger partial charge in [0.25, 0.3) is 0 Å². The number of rotatable bonds is 8. The standard InChI is InChI=1S/C14H22FNOS/c1-11-4-5-13(10-14(11)15)12(2)16-6-9-18-8-3-7-17/h4-5,10,12,16-17H,3,6-9H2,1-2H3. The molecule has 0 heterocycles. The van der Waals surface area contributed by atoms with Crippen LogP contribution in [0.15, 0.2) is 18.2 Å². The molecule has 18 heavy (non-hydrogen) atoms. The summed E-state index contributed by atoms with van der Waals surface area (Å²) < 4.78 is 13.4. The summed E-state index contributed by atoms with van der Waals surface area (Å²) in [6.45, 7) is 4.98. The third-order valence-electron chi connectivity index (χ3n) is 2.84. The van der Waals surface area contributed by atoms with Gasteiger partial charge in [-0.15, -0.1) is 0 Å². The van der Waals surface area contributed by atoms with Crippen LogP contribution in [0.4, 0.5) is 4.39 Å². The third-order valence-corrected chi connectivity index (χ3v) is 3.91. The Bertz CT molecular complexity index is 360. The molecular weight excluding hydrogens is 249 g/mol. The van der Waals surface area contributed by atoms with Gasteiger partial charge in [-0.1, -0.05) is 12.1 Å². The summed E-state index contributed by atoms with van der Waals surface area (Å²) in [4.78, 5) is 0. The van der Waals surface area contributed by atoms with Crippen LogP contribution in [0.2, 0.25) is 0 Å². The Morgan fingerprint density at radius 1 is 1.39 bits per heavy atom. The van der Waals surface area contributed by atoms with Crippen LogP contribution in [0.1, 0.15) is 30.5 Å². The molecular formula is C14H22FNOS. The molecule has 0 saturated heterocycles. The molecule has 0 fully saturated rings. The molecule has 0 aliphatic heterocycles. The highest BCUT2D eigenvalue weighted by Crippen LogP contribution is 2.16. The molecule has 1 atom stereocenters. The molecule has 2 nitrogen and oxygen atoms in total. The van der Waals surface area contributed by atoms with Crippen LogP contribution in [-0.2, 0) is 0 Å². The topological polar surface area (TPSA) is 32.3 Å². The van der Waals surface area contributed by atoms with Crippen molar-refractivity contribution in [2.45, 2.75) is 26.3 Å². The van der Waals surface area contributed by atoms with Crippen molar-refractivity contribution < 1.29 is 9.50 Å². The van der Waals surface area contributed by atoms with E-state index >= 15 is 0 Å². The number of nitrogens with one attached hydrogen (secondary N) is 1. The van der Waals surface area contributed by atoms with Crippen LogP contribution in [0.25, 0.3) is 0 Å². The first-order valence-corrected chi connectivity index (χ1v) is 7.48. The Hall–Kier alpha value is -0.580. The van der Waals surface area contributed by atoms with Crippen molar-refractivity contribution in [2.75, 3.05) is 24.7 Å². The minimum Gasteiger partial charge on any atom is -0.396 e. The maximum atomic E-state index is 13.4. The summed E-state index contributed by atoms with van der Waals surface area (Å²) in [5.74, 6) is 1.86. The molecule has 0 amide bonds. The van der Waals surface area contributed by atoms with Crippen LogP contribution in [0, 0.1) is 12.7 Å².